The molecule has 2 aromatic rings. The van der Waals surface area contributed by atoms with Crippen LogP contribution in [-0.4, -0.2) is 21.1 Å². The van der Waals surface area contributed by atoms with Crippen LogP contribution in [0.25, 0.3) is 0 Å². The number of aldehydes is 1. The molecule has 1 aromatic carbocycles. The lowest BCUT2D eigenvalue weighted by atomic mass is 10.2. The topological polar surface area (TPSA) is 57.0 Å². The van der Waals surface area contributed by atoms with Crippen molar-refractivity contribution in [1.82, 2.24) is 14.8 Å². The first-order valence-electron chi connectivity index (χ1n) is 6.34. The summed E-state index contributed by atoms with van der Waals surface area (Å²) >= 11 is 0. The van der Waals surface area contributed by atoms with E-state index in [2.05, 4.69) is 23.9 Å². The number of ether oxygens (including phenoxy) is 1. The van der Waals surface area contributed by atoms with Crippen LogP contribution in [-0.2, 0) is 13.2 Å². The van der Waals surface area contributed by atoms with Crippen LogP contribution in [0.2, 0.25) is 0 Å². The first-order valence-corrected chi connectivity index (χ1v) is 6.34. The number of hydrogen-bond acceptors (Lipinski definition) is 4. The Morgan fingerprint density at radius 1 is 1.45 bits per heavy atom. The molecule has 0 aliphatic heterocycles. The van der Waals surface area contributed by atoms with Gasteiger partial charge in [-0.1, -0.05) is 13.8 Å². The van der Waals surface area contributed by atoms with E-state index in [1.54, 1.807) is 4.68 Å². The molecule has 0 spiro atoms. The second-order valence-corrected chi connectivity index (χ2v) is 4.84. The molecule has 0 bridgehead atoms. The fourth-order valence-corrected chi connectivity index (χ4v) is 1.78. The number of hydrogen-bond donors (Lipinski definition) is 0. The zero-order valence-corrected chi connectivity index (χ0v) is 11.4. The van der Waals surface area contributed by atoms with Crippen LogP contribution in [0.3, 0.4) is 0 Å². The molecule has 0 radical (unpaired) electrons. The van der Waals surface area contributed by atoms with E-state index in [-0.39, 0.29) is 12.2 Å². The van der Waals surface area contributed by atoms with Gasteiger partial charge in [-0.15, -0.1) is 0 Å². The molecule has 20 heavy (non-hydrogen) atoms. The molecule has 0 fully saturated rings. The first-order chi connectivity index (χ1) is 9.60. The molecule has 0 aliphatic carbocycles. The molecule has 1 aromatic heterocycles. The van der Waals surface area contributed by atoms with Gasteiger partial charge in [0.15, 0.2) is 12.1 Å². The van der Waals surface area contributed by atoms with Crippen molar-refractivity contribution in [3.63, 3.8) is 0 Å². The van der Waals surface area contributed by atoms with Gasteiger partial charge in [-0.25, -0.2) is 14.1 Å². The predicted molar refractivity (Wildman–Crippen MR) is 71.0 cm³/mol. The van der Waals surface area contributed by atoms with Crippen LogP contribution >= 0.6 is 0 Å². The number of aromatic nitrogens is 3. The molecule has 1 heterocycles. The number of carbonyl (C=O) groups is 1. The number of halogens is 1. The molecular formula is C14H16FN3O2. The van der Waals surface area contributed by atoms with Crippen LogP contribution in [0.1, 0.15) is 30.0 Å². The monoisotopic (exact) mass is 277 g/mol. The van der Waals surface area contributed by atoms with Crippen molar-refractivity contribution in [3.8, 4) is 5.75 Å². The molecule has 2 rings (SSSR count). The molecule has 0 unspecified atom stereocenters. The van der Waals surface area contributed by atoms with Crippen molar-refractivity contribution in [2.75, 3.05) is 0 Å². The Hall–Kier alpha value is -2.24. The average Bonchev–Trinajstić information content (AvgIpc) is 2.83. The smallest absolute Gasteiger partial charge is 0.164 e. The van der Waals surface area contributed by atoms with Crippen LogP contribution < -0.4 is 4.74 Å². The van der Waals surface area contributed by atoms with Gasteiger partial charge < -0.3 is 4.74 Å². The third kappa shape index (κ3) is 3.40. The normalized spacial score (nSPS) is 10.8. The molecule has 0 saturated carbocycles. The highest BCUT2D eigenvalue weighted by molar-refractivity contribution is 5.79. The van der Waals surface area contributed by atoms with Gasteiger partial charge in [0.05, 0.1) is 5.56 Å². The van der Waals surface area contributed by atoms with Crippen LogP contribution in [0.15, 0.2) is 24.5 Å². The third-order valence-corrected chi connectivity index (χ3v) is 2.69. The zero-order valence-electron chi connectivity index (χ0n) is 11.4. The van der Waals surface area contributed by atoms with E-state index in [0.717, 1.165) is 12.6 Å². The average molecular weight is 277 g/mol. The molecule has 6 heteroatoms. The van der Waals surface area contributed by atoms with Crippen LogP contribution in [0, 0.1) is 11.7 Å². The van der Waals surface area contributed by atoms with Gasteiger partial charge in [-0.05, 0) is 24.1 Å². The number of benzene rings is 1. The third-order valence-electron chi connectivity index (χ3n) is 2.69. The van der Waals surface area contributed by atoms with Crippen molar-refractivity contribution >= 4 is 6.29 Å². The van der Waals surface area contributed by atoms with Crippen molar-refractivity contribution in [3.05, 3.63) is 41.7 Å². The summed E-state index contributed by atoms with van der Waals surface area (Å²) in [6.45, 7) is 5.08. The Bertz CT molecular complexity index is 596. The predicted octanol–water partition coefficient (Wildman–Crippen LogP) is 2.46. The van der Waals surface area contributed by atoms with E-state index in [1.165, 1.54) is 18.5 Å². The molecule has 0 atom stereocenters. The van der Waals surface area contributed by atoms with Crippen molar-refractivity contribution in [2.45, 2.75) is 27.0 Å². The minimum atomic E-state index is -0.470. The van der Waals surface area contributed by atoms with Crippen molar-refractivity contribution in [1.29, 1.82) is 0 Å². The molecule has 0 N–H and O–H groups in total. The molecule has 106 valence electrons. The van der Waals surface area contributed by atoms with Crippen LogP contribution in [0.4, 0.5) is 4.39 Å². The minimum absolute atomic E-state index is 0.180. The molecule has 0 saturated heterocycles. The summed E-state index contributed by atoms with van der Waals surface area (Å²) in [4.78, 5) is 15.0. The summed E-state index contributed by atoms with van der Waals surface area (Å²) < 4.78 is 20.3. The summed E-state index contributed by atoms with van der Waals surface area (Å²) in [5.74, 6) is 0.967. The van der Waals surface area contributed by atoms with E-state index in [0.29, 0.717) is 23.8 Å². The minimum Gasteiger partial charge on any atom is -0.485 e. The van der Waals surface area contributed by atoms with Gasteiger partial charge in [0.25, 0.3) is 0 Å². The summed E-state index contributed by atoms with van der Waals surface area (Å²) in [5.41, 5.74) is 0.180. The number of nitrogens with zero attached hydrogens (tertiary/aromatic N) is 3. The Morgan fingerprint density at radius 2 is 2.25 bits per heavy atom. The van der Waals surface area contributed by atoms with Gasteiger partial charge in [0.2, 0.25) is 0 Å². The van der Waals surface area contributed by atoms with Crippen molar-refractivity contribution < 1.29 is 13.9 Å². The highest BCUT2D eigenvalue weighted by Crippen LogP contribution is 2.19. The summed E-state index contributed by atoms with van der Waals surface area (Å²) in [6, 6.07) is 3.82. The Balaban J connectivity index is 2.09. The van der Waals surface area contributed by atoms with Gasteiger partial charge in [-0.2, -0.15) is 5.10 Å². The van der Waals surface area contributed by atoms with Gasteiger partial charge in [-0.3, -0.25) is 4.79 Å². The Kier molecular flexibility index (Phi) is 4.45. The van der Waals surface area contributed by atoms with Gasteiger partial charge >= 0.3 is 0 Å². The first kappa shape index (κ1) is 14.2. The highest BCUT2D eigenvalue weighted by Gasteiger charge is 2.09. The van der Waals surface area contributed by atoms with E-state index in [9.17, 15) is 9.18 Å². The number of rotatable bonds is 6. The standard InChI is InChI=1S/C14H16FN3O2/c1-10(2)6-18-14(16-9-17-18)8-20-13-4-3-12(15)5-11(13)7-19/h3-5,7,9-10H,6,8H2,1-2H3. The molecule has 0 aliphatic rings. The summed E-state index contributed by atoms with van der Waals surface area (Å²) in [5, 5.41) is 4.12. The maximum absolute atomic E-state index is 13.0. The fraction of sp³-hybridized carbons (Fsp3) is 0.357. The lowest BCUT2D eigenvalue weighted by molar-refractivity contribution is 0.111. The van der Waals surface area contributed by atoms with E-state index < -0.39 is 5.82 Å². The SMILES string of the molecule is CC(C)Cn1ncnc1COc1ccc(F)cc1C=O. The number of carbonyl (C=O) groups excluding carboxylic acids is 1. The largest absolute Gasteiger partial charge is 0.485 e. The quantitative estimate of drug-likeness (QED) is 0.761. The second kappa shape index (κ2) is 6.27. The van der Waals surface area contributed by atoms with Crippen LogP contribution in [0.5, 0.6) is 5.75 Å². The Morgan fingerprint density at radius 3 is 2.95 bits per heavy atom. The molecule has 5 nitrogen and oxygen atoms in total. The Labute approximate surface area is 116 Å². The van der Waals surface area contributed by atoms with E-state index in [1.807, 2.05) is 0 Å². The highest BCUT2D eigenvalue weighted by atomic mass is 19.1. The maximum atomic E-state index is 13.0. The van der Waals surface area contributed by atoms with E-state index in [4.69, 9.17) is 4.74 Å². The second-order valence-electron chi connectivity index (χ2n) is 4.84. The fourth-order valence-electron chi connectivity index (χ4n) is 1.78. The summed E-state index contributed by atoms with van der Waals surface area (Å²) in [6.07, 6.45) is 2.03. The lowest BCUT2D eigenvalue weighted by Gasteiger charge is -2.10. The summed E-state index contributed by atoms with van der Waals surface area (Å²) in [7, 11) is 0. The van der Waals surface area contributed by atoms with Crippen molar-refractivity contribution in [2.24, 2.45) is 5.92 Å². The van der Waals surface area contributed by atoms with E-state index >= 15 is 0 Å². The zero-order chi connectivity index (χ0) is 14.5. The maximum Gasteiger partial charge on any atom is 0.164 e. The van der Waals surface area contributed by atoms with Gasteiger partial charge in [0.1, 0.15) is 24.5 Å². The molecular weight excluding hydrogens is 261 g/mol. The molecule has 0 amide bonds. The van der Waals surface area contributed by atoms with Gasteiger partial charge in [0, 0.05) is 6.54 Å². The lowest BCUT2D eigenvalue weighted by Crippen LogP contribution is -2.12.